The Morgan fingerprint density at radius 2 is 1.96 bits per heavy atom. The molecule has 1 saturated carbocycles. The van der Waals surface area contributed by atoms with Crippen molar-refractivity contribution in [1.82, 2.24) is 0 Å². The van der Waals surface area contributed by atoms with Crippen LogP contribution in [0.1, 0.15) is 12.8 Å². The van der Waals surface area contributed by atoms with Crippen LogP contribution in [-0.4, -0.2) is 40.3 Å². The molecule has 0 bridgehead atoms. The number of carbonyl (C=O) groups excluding carboxylic acids is 1. The van der Waals surface area contributed by atoms with Gasteiger partial charge in [0.2, 0.25) is 5.91 Å². The van der Waals surface area contributed by atoms with E-state index < -0.39 is 15.9 Å². The molecule has 2 aliphatic rings. The molecule has 1 fully saturated rings. The molecule has 1 aromatic rings. The van der Waals surface area contributed by atoms with Gasteiger partial charge in [-0.05, 0) is 31.1 Å². The number of methoxy groups -OCH3 is 2. The summed E-state index contributed by atoms with van der Waals surface area (Å²) in [6.07, 6.45) is 3.26. The van der Waals surface area contributed by atoms with Crippen LogP contribution in [0.3, 0.4) is 0 Å². The molecule has 1 atom stereocenters. The van der Waals surface area contributed by atoms with Gasteiger partial charge in [0.1, 0.15) is 11.5 Å². The number of rotatable bonds is 5. The monoisotopic (exact) mass is 337 g/mol. The number of hydrogen-bond acceptors (Lipinski definition) is 5. The first-order chi connectivity index (χ1) is 10.9. The summed E-state index contributed by atoms with van der Waals surface area (Å²) in [7, 11) is -0.197. The molecule has 6 nitrogen and oxygen atoms in total. The highest BCUT2D eigenvalue weighted by Crippen LogP contribution is 2.39. The van der Waals surface area contributed by atoms with E-state index in [-0.39, 0.29) is 17.6 Å². The van der Waals surface area contributed by atoms with E-state index in [0.717, 1.165) is 12.8 Å². The third-order valence-electron chi connectivity index (χ3n) is 4.05. The molecule has 0 N–H and O–H groups in total. The highest BCUT2D eigenvalue weighted by molar-refractivity contribution is 7.94. The van der Waals surface area contributed by atoms with Crippen LogP contribution in [0.5, 0.6) is 11.5 Å². The van der Waals surface area contributed by atoms with Crippen molar-refractivity contribution in [3.05, 3.63) is 29.7 Å². The molecule has 1 aliphatic carbocycles. The van der Waals surface area contributed by atoms with Crippen molar-refractivity contribution in [2.24, 2.45) is 5.92 Å². The van der Waals surface area contributed by atoms with Crippen molar-refractivity contribution in [1.29, 1.82) is 0 Å². The summed E-state index contributed by atoms with van der Waals surface area (Å²) in [5.74, 6) is 0.912. The zero-order valence-electron chi connectivity index (χ0n) is 13.1. The summed E-state index contributed by atoms with van der Waals surface area (Å²) >= 11 is 0. The molecule has 1 aromatic carbocycles. The predicted molar refractivity (Wildman–Crippen MR) is 86.5 cm³/mol. The minimum atomic E-state index is -3.26. The molecule has 1 heterocycles. The van der Waals surface area contributed by atoms with Gasteiger partial charge in [-0.3, -0.25) is 4.79 Å². The summed E-state index contributed by atoms with van der Waals surface area (Å²) in [4.78, 5) is 14.3. The summed E-state index contributed by atoms with van der Waals surface area (Å²) in [5, 5.41) is 1.18. The summed E-state index contributed by atoms with van der Waals surface area (Å²) in [6.45, 7) is 0. The number of nitrogens with zero attached hydrogens (tertiary/aromatic N) is 1. The van der Waals surface area contributed by atoms with E-state index in [9.17, 15) is 13.2 Å². The molecule has 3 rings (SSSR count). The maximum atomic E-state index is 12.7. The molecule has 0 radical (unpaired) electrons. The van der Waals surface area contributed by atoms with E-state index in [1.165, 1.54) is 12.5 Å². The topological polar surface area (TPSA) is 72.9 Å². The molecule has 0 aromatic heterocycles. The van der Waals surface area contributed by atoms with Gasteiger partial charge in [0.25, 0.3) is 0 Å². The van der Waals surface area contributed by atoms with Crippen LogP contribution in [0.15, 0.2) is 29.7 Å². The quantitative estimate of drug-likeness (QED) is 0.818. The van der Waals surface area contributed by atoms with E-state index in [0.29, 0.717) is 17.2 Å². The summed E-state index contributed by atoms with van der Waals surface area (Å²) < 4.78 is 34.1. The maximum Gasteiger partial charge on any atom is 0.230 e. The predicted octanol–water partition coefficient (Wildman–Crippen LogP) is 1.76. The number of benzene rings is 1. The number of ether oxygens (including phenoxy) is 2. The number of carbonyl (C=O) groups is 1. The first-order valence-corrected chi connectivity index (χ1v) is 9.13. The fourth-order valence-electron chi connectivity index (χ4n) is 2.69. The van der Waals surface area contributed by atoms with Crippen molar-refractivity contribution in [2.45, 2.75) is 18.9 Å². The van der Waals surface area contributed by atoms with Gasteiger partial charge in [-0.25, -0.2) is 8.42 Å². The average molecular weight is 337 g/mol. The second-order valence-corrected chi connectivity index (χ2v) is 7.68. The van der Waals surface area contributed by atoms with Gasteiger partial charge in [0, 0.05) is 17.4 Å². The zero-order chi connectivity index (χ0) is 16.6. The molecular weight excluding hydrogens is 318 g/mol. The molecule has 0 unspecified atom stereocenters. The van der Waals surface area contributed by atoms with Gasteiger partial charge < -0.3 is 14.4 Å². The standard InChI is InChI=1S/C16H19NO5S/c1-21-13-5-6-14(15(9-13)22-2)17(16(18)11-3-4-11)12-7-8-23(19,20)10-12/h5-9,11-12H,3-4,10H2,1-2H3/t12-/m0/s1. The normalized spacial score (nSPS) is 21.9. The lowest BCUT2D eigenvalue weighted by atomic mass is 10.1. The first kappa shape index (κ1) is 15.9. The lowest BCUT2D eigenvalue weighted by molar-refractivity contribution is -0.120. The van der Waals surface area contributed by atoms with Gasteiger partial charge in [0.15, 0.2) is 9.84 Å². The van der Waals surface area contributed by atoms with Crippen LogP contribution >= 0.6 is 0 Å². The van der Waals surface area contributed by atoms with Crippen molar-refractivity contribution >= 4 is 21.4 Å². The second-order valence-electron chi connectivity index (χ2n) is 5.75. The van der Waals surface area contributed by atoms with E-state index >= 15 is 0 Å². The van der Waals surface area contributed by atoms with Gasteiger partial charge >= 0.3 is 0 Å². The summed E-state index contributed by atoms with van der Waals surface area (Å²) in [6, 6.07) is 4.65. The van der Waals surface area contributed by atoms with Crippen LogP contribution in [0.25, 0.3) is 0 Å². The molecule has 124 valence electrons. The molecule has 1 aliphatic heterocycles. The minimum Gasteiger partial charge on any atom is -0.497 e. The molecule has 0 spiro atoms. The van der Waals surface area contributed by atoms with Crippen LogP contribution in [-0.2, 0) is 14.6 Å². The van der Waals surface area contributed by atoms with Crippen LogP contribution in [0.4, 0.5) is 5.69 Å². The Morgan fingerprint density at radius 3 is 2.48 bits per heavy atom. The van der Waals surface area contributed by atoms with E-state index in [1.54, 1.807) is 36.3 Å². The Morgan fingerprint density at radius 1 is 1.22 bits per heavy atom. The van der Waals surface area contributed by atoms with E-state index in [1.807, 2.05) is 0 Å². The van der Waals surface area contributed by atoms with E-state index in [2.05, 4.69) is 0 Å². The Labute approximate surface area is 135 Å². The zero-order valence-corrected chi connectivity index (χ0v) is 13.9. The molecular formula is C16H19NO5S. The molecule has 7 heteroatoms. The third kappa shape index (κ3) is 3.19. The third-order valence-corrected chi connectivity index (χ3v) is 5.43. The highest BCUT2D eigenvalue weighted by atomic mass is 32.2. The molecule has 23 heavy (non-hydrogen) atoms. The largest absolute Gasteiger partial charge is 0.497 e. The van der Waals surface area contributed by atoms with Gasteiger partial charge in [-0.15, -0.1) is 0 Å². The SMILES string of the molecule is COc1ccc(N(C(=O)C2CC2)[C@H]2C=CS(=O)(=O)C2)c(OC)c1. The maximum absolute atomic E-state index is 12.7. The van der Waals surface area contributed by atoms with Crippen molar-refractivity contribution in [2.75, 3.05) is 24.9 Å². The first-order valence-electron chi connectivity index (χ1n) is 7.41. The Kier molecular flexibility index (Phi) is 4.06. The number of hydrogen-bond donors (Lipinski definition) is 0. The number of amides is 1. The number of anilines is 1. The lowest BCUT2D eigenvalue weighted by Gasteiger charge is -2.29. The fraction of sp³-hybridized carbons (Fsp3) is 0.438. The average Bonchev–Trinajstić information content (AvgIpc) is 3.32. The van der Waals surface area contributed by atoms with Crippen molar-refractivity contribution in [3.8, 4) is 11.5 Å². The summed E-state index contributed by atoms with van der Waals surface area (Å²) in [5.41, 5.74) is 0.567. The van der Waals surface area contributed by atoms with Gasteiger partial charge in [-0.2, -0.15) is 0 Å². The van der Waals surface area contributed by atoms with E-state index in [4.69, 9.17) is 9.47 Å². The van der Waals surface area contributed by atoms with Crippen LogP contribution < -0.4 is 14.4 Å². The Balaban J connectivity index is 2.02. The second kappa shape index (κ2) is 5.88. The Bertz CT molecular complexity index is 752. The number of sulfone groups is 1. The highest BCUT2D eigenvalue weighted by Gasteiger charge is 2.40. The van der Waals surface area contributed by atoms with Gasteiger partial charge in [-0.1, -0.05) is 0 Å². The van der Waals surface area contributed by atoms with Crippen molar-refractivity contribution in [3.63, 3.8) is 0 Å². The van der Waals surface area contributed by atoms with Gasteiger partial charge in [0.05, 0.1) is 31.7 Å². The molecule has 0 saturated heterocycles. The van der Waals surface area contributed by atoms with Crippen LogP contribution in [0, 0.1) is 5.92 Å². The molecule has 1 amide bonds. The Hall–Kier alpha value is -2.02. The van der Waals surface area contributed by atoms with Crippen LogP contribution in [0.2, 0.25) is 0 Å². The fourth-order valence-corrected chi connectivity index (χ4v) is 3.96. The minimum absolute atomic E-state index is 0.0292. The smallest absolute Gasteiger partial charge is 0.230 e. The lowest BCUT2D eigenvalue weighted by Crippen LogP contribution is -2.42. The van der Waals surface area contributed by atoms with Crippen molar-refractivity contribution < 1.29 is 22.7 Å².